The molecule has 0 amide bonds. The molecule has 90 valence electrons. The zero-order valence-electron chi connectivity index (χ0n) is 10.4. The molecule has 1 heterocycles. The summed E-state index contributed by atoms with van der Waals surface area (Å²) in [6.07, 6.45) is 4.39. The average Bonchev–Trinajstić information content (AvgIpc) is 2.65. The first kappa shape index (κ1) is 11.6. The molecule has 1 aliphatic rings. The van der Waals surface area contributed by atoms with Gasteiger partial charge in [0, 0.05) is 17.4 Å². The lowest BCUT2D eigenvalue weighted by atomic mass is 9.86. The van der Waals surface area contributed by atoms with Gasteiger partial charge in [-0.15, -0.1) is 0 Å². The Bertz CT molecular complexity index is 353. The van der Waals surface area contributed by atoms with Gasteiger partial charge in [0.15, 0.2) is 5.82 Å². The molecule has 0 spiro atoms. The van der Waals surface area contributed by atoms with E-state index in [2.05, 4.69) is 30.9 Å². The van der Waals surface area contributed by atoms with Gasteiger partial charge in [0.05, 0.1) is 0 Å². The Morgan fingerprint density at radius 1 is 1.31 bits per heavy atom. The van der Waals surface area contributed by atoms with E-state index in [1.54, 1.807) is 0 Å². The third-order valence-electron chi connectivity index (χ3n) is 3.18. The molecule has 1 aliphatic carbocycles. The van der Waals surface area contributed by atoms with Crippen molar-refractivity contribution < 1.29 is 4.52 Å². The van der Waals surface area contributed by atoms with Crippen molar-refractivity contribution in [2.75, 3.05) is 0 Å². The first-order valence-electron chi connectivity index (χ1n) is 6.06. The van der Waals surface area contributed by atoms with Crippen molar-refractivity contribution in [3.8, 4) is 0 Å². The molecule has 1 fully saturated rings. The molecule has 0 radical (unpaired) electrons. The summed E-state index contributed by atoms with van der Waals surface area (Å²) in [6, 6.07) is 0.295. The lowest BCUT2D eigenvalue weighted by molar-refractivity contribution is 0.295. The Morgan fingerprint density at radius 2 is 2.06 bits per heavy atom. The first-order valence-corrected chi connectivity index (χ1v) is 6.06. The lowest BCUT2D eigenvalue weighted by Crippen LogP contribution is -2.27. The highest BCUT2D eigenvalue weighted by Crippen LogP contribution is 2.32. The van der Waals surface area contributed by atoms with Crippen LogP contribution in [0.1, 0.15) is 64.1 Å². The van der Waals surface area contributed by atoms with E-state index < -0.39 is 0 Å². The van der Waals surface area contributed by atoms with Crippen molar-refractivity contribution in [2.45, 2.75) is 63.8 Å². The second-order valence-electron chi connectivity index (χ2n) is 5.83. The summed E-state index contributed by atoms with van der Waals surface area (Å²) < 4.78 is 5.36. The topological polar surface area (TPSA) is 64.9 Å². The summed E-state index contributed by atoms with van der Waals surface area (Å²) in [6.45, 7) is 6.27. The Morgan fingerprint density at radius 3 is 2.62 bits per heavy atom. The number of hydrogen-bond donors (Lipinski definition) is 1. The fourth-order valence-corrected chi connectivity index (χ4v) is 2.16. The SMILES string of the molecule is CC(C)(C)c1noc(C2CCCC(N)C2)n1. The quantitative estimate of drug-likeness (QED) is 0.793. The van der Waals surface area contributed by atoms with Crippen LogP contribution in [0.5, 0.6) is 0 Å². The predicted octanol–water partition coefficient (Wildman–Crippen LogP) is 2.35. The molecule has 2 rings (SSSR count). The monoisotopic (exact) mass is 223 g/mol. The van der Waals surface area contributed by atoms with Crippen LogP contribution in [0.4, 0.5) is 0 Å². The average molecular weight is 223 g/mol. The molecule has 1 aromatic rings. The van der Waals surface area contributed by atoms with E-state index in [0.29, 0.717) is 12.0 Å². The van der Waals surface area contributed by atoms with Gasteiger partial charge in [-0.2, -0.15) is 4.98 Å². The maximum absolute atomic E-state index is 5.97. The van der Waals surface area contributed by atoms with E-state index in [-0.39, 0.29) is 5.41 Å². The molecule has 4 nitrogen and oxygen atoms in total. The molecule has 16 heavy (non-hydrogen) atoms. The lowest BCUT2D eigenvalue weighted by Gasteiger charge is -2.23. The second-order valence-corrected chi connectivity index (χ2v) is 5.83. The third-order valence-corrected chi connectivity index (χ3v) is 3.18. The van der Waals surface area contributed by atoms with Crippen LogP contribution >= 0.6 is 0 Å². The summed E-state index contributed by atoms with van der Waals surface area (Å²) >= 11 is 0. The smallest absolute Gasteiger partial charge is 0.229 e. The summed E-state index contributed by atoms with van der Waals surface area (Å²) in [7, 11) is 0. The van der Waals surface area contributed by atoms with Crippen LogP contribution in [0.25, 0.3) is 0 Å². The molecule has 1 aromatic heterocycles. The van der Waals surface area contributed by atoms with E-state index in [4.69, 9.17) is 10.3 Å². The van der Waals surface area contributed by atoms with Crippen LogP contribution in [-0.2, 0) is 5.41 Å². The van der Waals surface area contributed by atoms with Crippen LogP contribution in [0.15, 0.2) is 4.52 Å². The van der Waals surface area contributed by atoms with Gasteiger partial charge >= 0.3 is 0 Å². The Balaban J connectivity index is 2.12. The molecule has 0 saturated heterocycles. The Labute approximate surface area is 96.6 Å². The third kappa shape index (κ3) is 2.43. The highest BCUT2D eigenvalue weighted by molar-refractivity contribution is 5.03. The predicted molar refractivity (Wildman–Crippen MR) is 62.2 cm³/mol. The number of rotatable bonds is 1. The first-order chi connectivity index (χ1) is 7.47. The van der Waals surface area contributed by atoms with Crippen molar-refractivity contribution in [1.29, 1.82) is 0 Å². The highest BCUT2D eigenvalue weighted by Gasteiger charge is 2.28. The molecule has 0 aliphatic heterocycles. The molecule has 4 heteroatoms. The van der Waals surface area contributed by atoms with Gasteiger partial charge in [-0.25, -0.2) is 0 Å². The minimum atomic E-state index is -0.0431. The van der Waals surface area contributed by atoms with Gasteiger partial charge in [0.2, 0.25) is 5.89 Å². The van der Waals surface area contributed by atoms with Crippen LogP contribution in [0, 0.1) is 0 Å². The van der Waals surface area contributed by atoms with Crippen molar-refractivity contribution in [1.82, 2.24) is 10.1 Å². The van der Waals surface area contributed by atoms with Crippen molar-refractivity contribution in [3.63, 3.8) is 0 Å². The van der Waals surface area contributed by atoms with Crippen LogP contribution in [0.2, 0.25) is 0 Å². The maximum atomic E-state index is 5.97. The fraction of sp³-hybridized carbons (Fsp3) is 0.833. The van der Waals surface area contributed by atoms with Crippen LogP contribution in [0.3, 0.4) is 0 Å². The Hall–Kier alpha value is -0.900. The maximum Gasteiger partial charge on any atom is 0.229 e. The number of hydrogen-bond acceptors (Lipinski definition) is 4. The fourth-order valence-electron chi connectivity index (χ4n) is 2.16. The minimum absolute atomic E-state index is 0.0431. The van der Waals surface area contributed by atoms with E-state index >= 15 is 0 Å². The van der Waals surface area contributed by atoms with Gasteiger partial charge in [-0.1, -0.05) is 32.3 Å². The minimum Gasteiger partial charge on any atom is -0.339 e. The summed E-state index contributed by atoms with van der Waals surface area (Å²) in [5.74, 6) is 1.94. The van der Waals surface area contributed by atoms with Crippen LogP contribution in [-0.4, -0.2) is 16.2 Å². The molecular formula is C12H21N3O. The Kier molecular flexibility index (Phi) is 3.02. The van der Waals surface area contributed by atoms with Crippen LogP contribution < -0.4 is 5.73 Å². The number of nitrogens with two attached hydrogens (primary N) is 1. The highest BCUT2D eigenvalue weighted by atomic mass is 16.5. The largest absolute Gasteiger partial charge is 0.339 e. The zero-order chi connectivity index (χ0) is 11.8. The van der Waals surface area contributed by atoms with Gasteiger partial charge in [0.25, 0.3) is 0 Å². The van der Waals surface area contributed by atoms with Gasteiger partial charge < -0.3 is 10.3 Å². The molecular weight excluding hydrogens is 202 g/mol. The van der Waals surface area contributed by atoms with Gasteiger partial charge in [-0.3, -0.25) is 0 Å². The summed E-state index contributed by atoms with van der Waals surface area (Å²) in [5.41, 5.74) is 5.92. The number of nitrogens with zero attached hydrogens (tertiary/aromatic N) is 2. The van der Waals surface area contributed by atoms with Crippen molar-refractivity contribution in [3.05, 3.63) is 11.7 Å². The summed E-state index contributed by atoms with van der Waals surface area (Å²) in [5, 5.41) is 4.06. The molecule has 2 N–H and O–H groups in total. The molecule has 2 unspecified atom stereocenters. The van der Waals surface area contributed by atoms with E-state index in [1.165, 1.54) is 6.42 Å². The molecule has 0 aromatic carbocycles. The summed E-state index contributed by atoms with van der Waals surface area (Å²) in [4.78, 5) is 4.51. The standard InChI is InChI=1S/C12H21N3O/c1-12(2,3)11-14-10(16-15-11)8-5-4-6-9(13)7-8/h8-9H,4-7,13H2,1-3H3. The molecule has 1 saturated carbocycles. The van der Waals surface area contributed by atoms with E-state index in [1.807, 2.05) is 0 Å². The molecule has 2 atom stereocenters. The zero-order valence-corrected chi connectivity index (χ0v) is 10.4. The van der Waals surface area contributed by atoms with E-state index in [9.17, 15) is 0 Å². The number of aromatic nitrogens is 2. The van der Waals surface area contributed by atoms with E-state index in [0.717, 1.165) is 31.0 Å². The molecule has 0 bridgehead atoms. The van der Waals surface area contributed by atoms with Crippen molar-refractivity contribution in [2.24, 2.45) is 5.73 Å². The second kappa shape index (κ2) is 4.17. The normalized spacial score (nSPS) is 27.0. The van der Waals surface area contributed by atoms with Gasteiger partial charge in [-0.05, 0) is 19.3 Å². The van der Waals surface area contributed by atoms with Gasteiger partial charge in [0.1, 0.15) is 0 Å². The van der Waals surface area contributed by atoms with Crippen molar-refractivity contribution >= 4 is 0 Å².